The first-order valence-electron chi connectivity index (χ1n) is 5.90. The van der Waals surface area contributed by atoms with Gasteiger partial charge < -0.3 is 15.7 Å². The second kappa shape index (κ2) is 4.75. The van der Waals surface area contributed by atoms with Gasteiger partial charge in [-0.15, -0.1) is 0 Å². The lowest BCUT2D eigenvalue weighted by atomic mass is 9.96. The van der Waals surface area contributed by atoms with Crippen molar-refractivity contribution in [2.24, 2.45) is 5.73 Å². The SMILES string of the molecule is CC(CC(=O)O)N1CC(N)Cc2ccccc21. The molecule has 0 fully saturated rings. The molecule has 2 unspecified atom stereocenters. The zero-order valence-electron chi connectivity index (χ0n) is 9.97. The molecule has 4 nitrogen and oxygen atoms in total. The van der Waals surface area contributed by atoms with E-state index in [0.717, 1.165) is 18.7 Å². The number of para-hydroxylation sites is 1. The highest BCUT2D eigenvalue weighted by molar-refractivity contribution is 5.69. The highest BCUT2D eigenvalue weighted by Gasteiger charge is 2.26. The van der Waals surface area contributed by atoms with E-state index in [4.69, 9.17) is 10.8 Å². The van der Waals surface area contributed by atoms with Crippen molar-refractivity contribution in [2.75, 3.05) is 11.4 Å². The van der Waals surface area contributed by atoms with Crippen molar-refractivity contribution in [1.29, 1.82) is 0 Å². The number of carboxylic acids is 1. The molecule has 4 heteroatoms. The molecule has 0 radical (unpaired) electrons. The van der Waals surface area contributed by atoms with Gasteiger partial charge in [0, 0.05) is 24.3 Å². The maximum Gasteiger partial charge on any atom is 0.305 e. The van der Waals surface area contributed by atoms with Crippen molar-refractivity contribution in [2.45, 2.75) is 31.8 Å². The van der Waals surface area contributed by atoms with Crippen LogP contribution in [0.5, 0.6) is 0 Å². The van der Waals surface area contributed by atoms with Crippen LogP contribution in [0.1, 0.15) is 18.9 Å². The molecule has 0 saturated heterocycles. The van der Waals surface area contributed by atoms with Crippen LogP contribution in [0, 0.1) is 0 Å². The van der Waals surface area contributed by atoms with E-state index in [2.05, 4.69) is 11.0 Å². The van der Waals surface area contributed by atoms with Crippen molar-refractivity contribution in [1.82, 2.24) is 0 Å². The Labute approximate surface area is 101 Å². The minimum absolute atomic E-state index is 0.0278. The third-order valence-electron chi connectivity index (χ3n) is 3.22. The molecule has 2 atom stereocenters. The Morgan fingerprint density at radius 2 is 2.29 bits per heavy atom. The lowest BCUT2D eigenvalue weighted by Gasteiger charge is -2.38. The van der Waals surface area contributed by atoms with Gasteiger partial charge in [0.15, 0.2) is 0 Å². The Morgan fingerprint density at radius 3 is 3.00 bits per heavy atom. The molecule has 0 spiro atoms. The van der Waals surface area contributed by atoms with Crippen LogP contribution in [0.2, 0.25) is 0 Å². The monoisotopic (exact) mass is 234 g/mol. The van der Waals surface area contributed by atoms with Gasteiger partial charge in [-0.05, 0) is 25.0 Å². The summed E-state index contributed by atoms with van der Waals surface area (Å²) in [7, 11) is 0. The number of hydrogen-bond acceptors (Lipinski definition) is 3. The Hall–Kier alpha value is -1.55. The fraction of sp³-hybridized carbons (Fsp3) is 0.462. The maximum absolute atomic E-state index is 10.8. The second-order valence-corrected chi connectivity index (χ2v) is 4.69. The third-order valence-corrected chi connectivity index (χ3v) is 3.22. The number of carbonyl (C=O) groups is 1. The van der Waals surface area contributed by atoms with Gasteiger partial charge in [0.25, 0.3) is 0 Å². The van der Waals surface area contributed by atoms with Gasteiger partial charge in [-0.2, -0.15) is 0 Å². The van der Waals surface area contributed by atoms with E-state index in [1.807, 2.05) is 25.1 Å². The lowest BCUT2D eigenvalue weighted by molar-refractivity contribution is -0.137. The number of carboxylic acid groups (broad SMARTS) is 1. The number of anilines is 1. The summed E-state index contributed by atoms with van der Waals surface area (Å²) in [6.45, 7) is 2.66. The summed E-state index contributed by atoms with van der Waals surface area (Å²) < 4.78 is 0. The molecular formula is C13H18N2O2. The summed E-state index contributed by atoms with van der Waals surface area (Å²) in [5.41, 5.74) is 8.36. The molecule has 3 N–H and O–H groups in total. The molecule has 1 heterocycles. The number of aliphatic carboxylic acids is 1. The zero-order chi connectivity index (χ0) is 12.4. The average Bonchev–Trinajstić information content (AvgIpc) is 2.26. The number of fused-ring (bicyclic) bond motifs is 1. The van der Waals surface area contributed by atoms with E-state index in [-0.39, 0.29) is 18.5 Å². The molecule has 1 aliphatic heterocycles. The molecule has 92 valence electrons. The maximum atomic E-state index is 10.8. The molecule has 0 saturated carbocycles. The highest BCUT2D eigenvalue weighted by atomic mass is 16.4. The fourth-order valence-electron chi connectivity index (χ4n) is 2.44. The van der Waals surface area contributed by atoms with Gasteiger partial charge in [0.1, 0.15) is 0 Å². The van der Waals surface area contributed by atoms with Gasteiger partial charge in [0.2, 0.25) is 0 Å². The molecule has 2 rings (SSSR count). The van der Waals surface area contributed by atoms with Gasteiger partial charge >= 0.3 is 5.97 Å². The van der Waals surface area contributed by atoms with Crippen LogP contribution < -0.4 is 10.6 Å². The second-order valence-electron chi connectivity index (χ2n) is 4.69. The first-order chi connectivity index (χ1) is 8.08. The molecule has 1 aliphatic rings. The summed E-state index contributed by atoms with van der Waals surface area (Å²) in [6, 6.07) is 8.14. The van der Waals surface area contributed by atoms with Crippen LogP contribution in [0.25, 0.3) is 0 Å². The summed E-state index contributed by atoms with van der Waals surface area (Å²) >= 11 is 0. The van der Waals surface area contributed by atoms with Gasteiger partial charge in [-0.1, -0.05) is 18.2 Å². The molecule has 0 aliphatic carbocycles. The van der Waals surface area contributed by atoms with Crippen LogP contribution in [0.15, 0.2) is 24.3 Å². The number of nitrogens with two attached hydrogens (primary N) is 1. The van der Waals surface area contributed by atoms with Gasteiger partial charge in [-0.25, -0.2) is 0 Å². The average molecular weight is 234 g/mol. The number of rotatable bonds is 3. The van der Waals surface area contributed by atoms with E-state index in [1.54, 1.807) is 0 Å². The Bertz CT molecular complexity index is 420. The van der Waals surface area contributed by atoms with Crippen molar-refractivity contribution in [3.05, 3.63) is 29.8 Å². The van der Waals surface area contributed by atoms with Crippen LogP contribution in [0.3, 0.4) is 0 Å². The Morgan fingerprint density at radius 1 is 1.59 bits per heavy atom. The van der Waals surface area contributed by atoms with E-state index in [0.29, 0.717) is 0 Å². The Balaban J connectivity index is 2.26. The number of nitrogens with zero attached hydrogens (tertiary/aromatic N) is 1. The van der Waals surface area contributed by atoms with E-state index in [9.17, 15) is 4.79 Å². The van der Waals surface area contributed by atoms with Gasteiger partial charge in [-0.3, -0.25) is 4.79 Å². The summed E-state index contributed by atoms with van der Waals surface area (Å²) in [5, 5.41) is 8.87. The number of benzene rings is 1. The first-order valence-corrected chi connectivity index (χ1v) is 5.90. The van der Waals surface area contributed by atoms with Crippen molar-refractivity contribution in [3.63, 3.8) is 0 Å². The van der Waals surface area contributed by atoms with Crippen molar-refractivity contribution < 1.29 is 9.90 Å². The molecule has 0 amide bonds. The topological polar surface area (TPSA) is 66.6 Å². The zero-order valence-corrected chi connectivity index (χ0v) is 9.97. The molecule has 0 aromatic heterocycles. The fourth-order valence-corrected chi connectivity index (χ4v) is 2.44. The molecular weight excluding hydrogens is 216 g/mol. The molecule has 17 heavy (non-hydrogen) atoms. The molecule has 1 aromatic rings. The quantitative estimate of drug-likeness (QED) is 0.825. The van der Waals surface area contributed by atoms with E-state index < -0.39 is 5.97 Å². The van der Waals surface area contributed by atoms with Gasteiger partial charge in [0.05, 0.1) is 6.42 Å². The number of hydrogen-bond donors (Lipinski definition) is 2. The highest BCUT2D eigenvalue weighted by Crippen LogP contribution is 2.28. The summed E-state index contributed by atoms with van der Waals surface area (Å²) in [6.07, 6.45) is 1.01. The van der Waals surface area contributed by atoms with E-state index >= 15 is 0 Å². The van der Waals surface area contributed by atoms with Crippen LogP contribution in [-0.2, 0) is 11.2 Å². The standard InChI is InChI=1S/C13H18N2O2/c1-9(6-13(16)17)15-8-11(14)7-10-4-2-3-5-12(10)15/h2-5,9,11H,6-8,14H2,1H3,(H,16,17). The van der Waals surface area contributed by atoms with Crippen molar-refractivity contribution in [3.8, 4) is 0 Å². The predicted molar refractivity (Wildman–Crippen MR) is 67.2 cm³/mol. The van der Waals surface area contributed by atoms with Crippen molar-refractivity contribution >= 4 is 11.7 Å². The first kappa shape index (κ1) is 11.9. The third kappa shape index (κ3) is 2.58. The Kier molecular flexibility index (Phi) is 3.33. The van der Waals surface area contributed by atoms with Crippen LogP contribution >= 0.6 is 0 Å². The van der Waals surface area contributed by atoms with Crippen LogP contribution in [0.4, 0.5) is 5.69 Å². The largest absolute Gasteiger partial charge is 0.481 e. The predicted octanol–water partition coefficient (Wildman–Crippen LogP) is 1.24. The van der Waals surface area contributed by atoms with E-state index in [1.165, 1.54) is 5.56 Å². The normalized spacial score (nSPS) is 20.8. The summed E-state index contributed by atoms with van der Waals surface area (Å²) in [4.78, 5) is 12.9. The smallest absolute Gasteiger partial charge is 0.305 e. The molecule has 1 aromatic carbocycles. The summed E-state index contributed by atoms with van der Waals surface area (Å²) in [5.74, 6) is -0.769. The minimum atomic E-state index is -0.769. The lowest BCUT2D eigenvalue weighted by Crippen LogP contribution is -2.47. The molecule has 0 bridgehead atoms. The minimum Gasteiger partial charge on any atom is -0.481 e. The van der Waals surface area contributed by atoms with Crippen LogP contribution in [-0.4, -0.2) is 29.7 Å².